The van der Waals surface area contributed by atoms with Crippen LogP contribution < -0.4 is 10.6 Å². The molecule has 2 aromatic rings. The van der Waals surface area contributed by atoms with Gasteiger partial charge in [-0.2, -0.15) is 0 Å². The molecule has 3 heterocycles. The zero-order valence-corrected chi connectivity index (χ0v) is 17.8. The van der Waals surface area contributed by atoms with Crippen LogP contribution in [0.25, 0.3) is 0 Å². The number of ether oxygens (including phenoxy) is 1. The lowest BCUT2D eigenvalue weighted by Crippen LogP contribution is -2.39. The molecular formula is C21H24BrN5O2. The van der Waals surface area contributed by atoms with Crippen LogP contribution in [0.1, 0.15) is 34.9 Å². The summed E-state index contributed by atoms with van der Waals surface area (Å²) in [7, 11) is 0. The Bertz CT molecular complexity index is 945. The van der Waals surface area contributed by atoms with E-state index >= 15 is 0 Å². The Morgan fingerprint density at radius 2 is 2.10 bits per heavy atom. The van der Waals surface area contributed by atoms with Gasteiger partial charge in [-0.25, -0.2) is 9.97 Å². The maximum absolute atomic E-state index is 12.8. The molecular weight excluding hydrogens is 434 g/mol. The van der Waals surface area contributed by atoms with E-state index < -0.39 is 0 Å². The maximum atomic E-state index is 12.8. The van der Waals surface area contributed by atoms with Crippen molar-refractivity contribution in [3.63, 3.8) is 0 Å². The summed E-state index contributed by atoms with van der Waals surface area (Å²) in [5, 5.41) is 6.40. The SMILES string of the molecule is O=C1Nc2ccc(Br)cc2C1c1nc(NCCN2CCOCC2)nc2c1CCC2. The molecule has 1 fully saturated rings. The smallest absolute Gasteiger partial charge is 0.238 e. The van der Waals surface area contributed by atoms with Gasteiger partial charge in [0.05, 0.1) is 18.9 Å². The summed E-state index contributed by atoms with van der Waals surface area (Å²) in [5.41, 5.74) is 4.94. The van der Waals surface area contributed by atoms with Crippen LogP contribution in [0.5, 0.6) is 0 Å². The number of carbonyl (C=O) groups excluding carboxylic acids is 1. The Kier molecular flexibility index (Phi) is 5.24. The Morgan fingerprint density at radius 1 is 1.24 bits per heavy atom. The second-order valence-electron chi connectivity index (χ2n) is 7.75. The monoisotopic (exact) mass is 457 g/mol. The van der Waals surface area contributed by atoms with Gasteiger partial charge in [-0.05, 0) is 48.6 Å². The van der Waals surface area contributed by atoms with Crippen LogP contribution >= 0.6 is 15.9 Å². The van der Waals surface area contributed by atoms with Gasteiger partial charge in [0, 0.05) is 42.0 Å². The van der Waals surface area contributed by atoms with Crippen molar-refractivity contribution in [2.24, 2.45) is 0 Å². The first-order valence-electron chi connectivity index (χ1n) is 10.2. The number of benzene rings is 1. The molecule has 0 spiro atoms. The normalized spacial score (nSPS) is 21.0. The number of aryl methyl sites for hydroxylation is 1. The van der Waals surface area contributed by atoms with Crippen molar-refractivity contribution in [2.45, 2.75) is 25.2 Å². The molecule has 3 aliphatic rings. The number of fused-ring (bicyclic) bond motifs is 2. The number of anilines is 2. The summed E-state index contributed by atoms with van der Waals surface area (Å²) >= 11 is 3.54. The lowest BCUT2D eigenvalue weighted by atomic mass is 9.93. The van der Waals surface area contributed by atoms with Crippen LogP contribution in [0.4, 0.5) is 11.6 Å². The number of carbonyl (C=O) groups is 1. The molecule has 152 valence electrons. The summed E-state index contributed by atoms with van der Waals surface area (Å²) in [6, 6.07) is 5.91. The highest BCUT2D eigenvalue weighted by Gasteiger charge is 2.36. The molecule has 1 amide bonds. The zero-order valence-electron chi connectivity index (χ0n) is 16.2. The van der Waals surface area contributed by atoms with Crippen molar-refractivity contribution in [1.29, 1.82) is 0 Å². The van der Waals surface area contributed by atoms with Crippen molar-refractivity contribution in [3.05, 3.63) is 45.2 Å². The third-order valence-electron chi connectivity index (χ3n) is 5.90. The number of hydrogen-bond acceptors (Lipinski definition) is 6. The van der Waals surface area contributed by atoms with E-state index in [1.54, 1.807) is 0 Å². The predicted molar refractivity (Wildman–Crippen MR) is 114 cm³/mol. The lowest BCUT2D eigenvalue weighted by Gasteiger charge is -2.26. The maximum Gasteiger partial charge on any atom is 0.238 e. The molecule has 1 aliphatic carbocycles. The van der Waals surface area contributed by atoms with Crippen LogP contribution in [-0.2, 0) is 22.4 Å². The van der Waals surface area contributed by atoms with Gasteiger partial charge in [-0.15, -0.1) is 0 Å². The number of rotatable bonds is 5. The molecule has 1 aromatic heterocycles. The summed E-state index contributed by atoms with van der Waals surface area (Å²) < 4.78 is 6.37. The van der Waals surface area contributed by atoms with Crippen LogP contribution in [-0.4, -0.2) is 60.2 Å². The van der Waals surface area contributed by atoms with Gasteiger partial charge in [0.15, 0.2) is 0 Å². The van der Waals surface area contributed by atoms with Gasteiger partial charge in [0.2, 0.25) is 11.9 Å². The van der Waals surface area contributed by atoms with E-state index in [1.807, 2.05) is 18.2 Å². The molecule has 8 heteroatoms. The Labute approximate surface area is 178 Å². The summed E-state index contributed by atoms with van der Waals surface area (Å²) in [6.45, 7) is 5.23. The minimum atomic E-state index is -0.378. The number of morpholine rings is 1. The van der Waals surface area contributed by atoms with Gasteiger partial charge in [0.25, 0.3) is 0 Å². The summed E-state index contributed by atoms with van der Waals surface area (Å²) in [6.07, 6.45) is 2.95. The van der Waals surface area contributed by atoms with E-state index in [9.17, 15) is 4.79 Å². The van der Waals surface area contributed by atoms with Gasteiger partial charge in [0.1, 0.15) is 5.92 Å². The summed E-state index contributed by atoms with van der Waals surface area (Å²) in [4.78, 5) is 24.8. The standard InChI is InChI=1S/C21H24BrN5O2/c22-13-4-5-17-15(12-13)18(20(28)24-17)19-14-2-1-3-16(14)25-21(26-19)23-6-7-27-8-10-29-11-9-27/h4-5,12,18H,1-3,6-11H2,(H,24,28)(H,23,25,26). The van der Waals surface area contributed by atoms with Crippen molar-refractivity contribution >= 4 is 33.5 Å². The predicted octanol–water partition coefficient (Wildman–Crippen LogP) is 2.56. The van der Waals surface area contributed by atoms with E-state index in [0.717, 1.165) is 91.3 Å². The average molecular weight is 458 g/mol. The van der Waals surface area contributed by atoms with Gasteiger partial charge >= 0.3 is 0 Å². The van der Waals surface area contributed by atoms with Gasteiger partial charge in [-0.3, -0.25) is 9.69 Å². The molecule has 0 bridgehead atoms. The molecule has 0 radical (unpaired) electrons. The van der Waals surface area contributed by atoms with Gasteiger partial charge < -0.3 is 15.4 Å². The number of aromatic nitrogens is 2. The minimum Gasteiger partial charge on any atom is -0.379 e. The lowest BCUT2D eigenvalue weighted by molar-refractivity contribution is -0.116. The highest BCUT2D eigenvalue weighted by atomic mass is 79.9. The number of nitrogens with one attached hydrogen (secondary N) is 2. The van der Waals surface area contributed by atoms with Gasteiger partial charge in [-0.1, -0.05) is 15.9 Å². The highest BCUT2D eigenvalue weighted by molar-refractivity contribution is 9.10. The molecule has 0 saturated carbocycles. The van der Waals surface area contributed by atoms with Crippen LogP contribution in [0, 0.1) is 0 Å². The number of amides is 1. The number of hydrogen-bond donors (Lipinski definition) is 2. The molecule has 1 atom stereocenters. The second kappa shape index (κ2) is 8.01. The molecule has 7 nitrogen and oxygen atoms in total. The Balaban J connectivity index is 1.41. The largest absolute Gasteiger partial charge is 0.379 e. The Hall–Kier alpha value is -2.03. The minimum absolute atomic E-state index is 0.00910. The highest BCUT2D eigenvalue weighted by Crippen LogP contribution is 2.41. The molecule has 5 rings (SSSR count). The molecule has 1 unspecified atom stereocenters. The molecule has 1 aromatic carbocycles. The zero-order chi connectivity index (χ0) is 19.8. The second-order valence-corrected chi connectivity index (χ2v) is 8.66. The van der Waals surface area contributed by atoms with Crippen LogP contribution in [0.2, 0.25) is 0 Å². The van der Waals surface area contributed by atoms with Crippen LogP contribution in [0.15, 0.2) is 22.7 Å². The fourth-order valence-corrected chi connectivity index (χ4v) is 4.81. The van der Waals surface area contributed by atoms with Crippen molar-refractivity contribution in [2.75, 3.05) is 50.0 Å². The van der Waals surface area contributed by atoms with Crippen LogP contribution in [0.3, 0.4) is 0 Å². The molecule has 1 saturated heterocycles. The third-order valence-corrected chi connectivity index (χ3v) is 6.39. The first kappa shape index (κ1) is 19.0. The summed E-state index contributed by atoms with van der Waals surface area (Å²) in [5.74, 6) is 0.243. The van der Waals surface area contributed by atoms with E-state index in [1.165, 1.54) is 0 Å². The third kappa shape index (κ3) is 3.76. The fourth-order valence-electron chi connectivity index (χ4n) is 4.43. The van der Waals surface area contributed by atoms with Crippen molar-refractivity contribution < 1.29 is 9.53 Å². The molecule has 2 aliphatic heterocycles. The quantitative estimate of drug-likeness (QED) is 0.717. The number of nitrogens with zero attached hydrogens (tertiary/aromatic N) is 3. The first-order valence-corrected chi connectivity index (χ1v) is 11.0. The average Bonchev–Trinajstić information content (AvgIpc) is 3.32. The van der Waals surface area contributed by atoms with E-state index in [2.05, 4.69) is 31.5 Å². The first-order chi connectivity index (χ1) is 14.2. The van der Waals surface area contributed by atoms with E-state index in [4.69, 9.17) is 14.7 Å². The van der Waals surface area contributed by atoms with Crippen molar-refractivity contribution in [1.82, 2.24) is 14.9 Å². The van der Waals surface area contributed by atoms with Crippen molar-refractivity contribution in [3.8, 4) is 0 Å². The molecule has 29 heavy (non-hydrogen) atoms. The number of halogens is 1. The fraction of sp³-hybridized carbons (Fsp3) is 0.476. The molecule has 2 N–H and O–H groups in total. The topological polar surface area (TPSA) is 79.4 Å². The Morgan fingerprint density at radius 3 is 2.97 bits per heavy atom. The van der Waals surface area contributed by atoms with E-state index in [-0.39, 0.29) is 11.8 Å². The van der Waals surface area contributed by atoms with E-state index in [0.29, 0.717) is 5.95 Å².